The van der Waals surface area contributed by atoms with E-state index in [4.69, 9.17) is 10.2 Å². The van der Waals surface area contributed by atoms with Gasteiger partial charge in [-0.1, -0.05) is 54.6 Å². The number of likely N-dealkylation sites (N-methyl/N-ethyl adjacent to an activating group) is 1. The van der Waals surface area contributed by atoms with Gasteiger partial charge < -0.3 is 20.4 Å². The number of fused-ring (bicyclic) bond motifs is 1. The summed E-state index contributed by atoms with van der Waals surface area (Å²) in [5, 5.41) is 5.53. The zero-order chi connectivity index (χ0) is 20.2. The summed E-state index contributed by atoms with van der Waals surface area (Å²) in [7, 11) is 1.74. The molecule has 6 nitrogen and oxygen atoms in total. The number of carbonyl (C=O) groups is 1. The maximum absolute atomic E-state index is 11.8. The van der Waals surface area contributed by atoms with Crippen LogP contribution in [0.3, 0.4) is 0 Å². The van der Waals surface area contributed by atoms with Gasteiger partial charge in [-0.15, -0.1) is 0 Å². The zero-order valence-corrected chi connectivity index (χ0v) is 16.1. The molecular weight excluding hydrogens is 364 g/mol. The lowest BCUT2D eigenvalue weighted by Gasteiger charge is -2.17. The van der Waals surface area contributed by atoms with Crippen LogP contribution < -0.4 is 11.1 Å². The number of aromatic nitrogens is 1. The molecule has 0 saturated carbocycles. The Kier molecular flexibility index (Phi) is 5.27. The Balaban J connectivity index is 1.56. The van der Waals surface area contributed by atoms with Crippen molar-refractivity contribution in [3.8, 4) is 11.3 Å². The fourth-order valence-corrected chi connectivity index (χ4v) is 3.25. The number of hydrogen-bond donors (Lipinski definition) is 2. The largest absolute Gasteiger partial charge is 0.423 e. The summed E-state index contributed by atoms with van der Waals surface area (Å²) in [5.74, 6) is 0.522. The van der Waals surface area contributed by atoms with E-state index in [1.165, 1.54) is 5.39 Å². The normalized spacial score (nSPS) is 10.8. The first-order valence-corrected chi connectivity index (χ1v) is 9.38. The topological polar surface area (TPSA) is 84.4 Å². The molecule has 0 aliphatic rings. The standard InChI is InChI=1S/C23H22N4O2/c1-27(22(28)13-24)15-18-8-4-5-9-20(18)21-14-25-23(29-21)26-19-11-10-16-6-2-3-7-17(16)12-19/h2-12,14H,13,15,24H2,1H3,(H,25,26). The molecule has 0 spiro atoms. The molecule has 1 amide bonds. The molecule has 0 radical (unpaired) electrons. The van der Waals surface area contributed by atoms with Crippen LogP contribution in [0.25, 0.3) is 22.1 Å². The van der Waals surface area contributed by atoms with Crippen LogP contribution in [0.1, 0.15) is 5.56 Å². The number of hydrogen-bond acceptors (Lipinski definition) is 5. The number of anilines is 2. The van der Waals surface area contributed by atoms with Crippen LogP contribution in [0.15, 0.2) is 77.3 Å². The number of nitrogens with zero attached hydrogens (tertiary/aromatic N) is 2. The van der Waals surface area contributed by atoms with Crippen LogP contribution in [-0.2, 0) is 11.3 Å². The predicted octanol–water partition coefficient (Wildman–Crippen LogP) is 4.16. The third kappa shape index (κ3) is 4.12. The van der Waals surface area contributed by atoms with Crippen molar-refractivity contribution in [3.05, 3.63) is 78.5 Å². The van der Waals surface area contributed by atoms with Crippen molar-refractivity contribution in [3.63, 3.8) is 0 Å². The second kappa shape index (κ2) is 8.16. The molecule has 146 valence electrons. The van der Waals surface area contributed by atoms with E-state index < -0.39 is 0 Å². The summed E-state index contributed by atoms with van der Waals surface area (Å²) in [4.78, 5) is 17.8. The average molecular weight is 386 g/mol. The lowest BCUT2D eigenvalue weighted by Crippen LogP contribution is -2.32. The molecule has 0 unspecified atom stereocenters. The maximum Gasteiger partial charge on any atom is 0.299 e. The number of rotatable bonds is 6. The molecule has 0 aliphatic carbocycles. The highest BCUT2D eigenvalue weighted by molar-refractivity contribution is 5.86. The second-order valence-corrected chi connectivity index (χ2v) is 6.83. The molecule has 1 heterocycles. The van der Waals surface area contributed by atoms with E-state index in [0.29, 0.717) is 18.3 Å². The van der Waals surface area contributed by atoms with Crippen LogP contribution in [-0.4, -0.2) is 29.4 Å². The molecule has 0 aliphatic heterocycles. The van der Waals surface area contributed by atoms with E-state index in [1.807, 2.05) is 42.5 Å². The highest BCUT2D eigenvalue weighted by atomic mass is 16.4. The van der Waals surface area contributed by atoms with E-state index in [0.717, 1.165) is 22.2 Å². The van der Waals surface area contributed by atoms with Crippen LogP contribution in [0.4, 0.5) is 11.7 Å². The Morgan fingerprint density at radius 1 is 1.07 bits per heavy atom. The Bertz CT molecular complexity index is 1150. The summed E-state index contributed by atoms with van der Waals surface area (Å²) in [5.41, 5.74) is 8.22. The molecule has 0 bridgehead atoms. The number of nitrogens with one attached hydrogen (secondary N) is 1. The van der Waals surface area contributed by atoms with Crippen LogP contribution in [0.5, 0.6) is 0 Å². The Hall–Kier alpha value is -3.64. The quantitative estimate of drug-likeness (QED) is 0.520. The molecule has 0 saturated heterocycles. The molecule has 6 heteroatoms. The molecular formula is C23H22N4O2. The van der Waals surface area contributed by atoms with Gasteiger partial charge in [0.1, 0.15) is 0 Å². The van der Waals surface area contributed by atoms with Gasteiger partial charge in [0.15, 0.2) is 5.76 Å². The minimum atomic E-state index is -0.115. The monoisotopic (exact) mass is 386 g/mol. The van der Waals surface area contributed by atoms with E-state index in [1.54, 1.807) is 18.1 Å². The smallest absolute Gasteiger partial charge is 0.299 e. The number of carbonyl (C=O) groups excluding carboxylic acids is 1. The van der Waals surface area contributed by atoms with E-state index >= 15 is 0 Å². The van der Waals surface area contributed by atoms with Crippen molar-refractivity contribution in [2.24, 2.45) is 5.73 Å². The summed E-state index contributed by atoms with van der Waals surface area (Å²) < 4.78 is 5.94. The average Bonchev–Trinajstić information content (AvgIpc) is 3.21. The zero-order valence-electron chi connectivity index (χ0n) is 16.1. The van der Waals surface area contributed by atoms with Gasteiger partial charge in [-0.25, -0.2) is 4.98 Å². The fourth-order valence-electron chi connectivity index (χ4n) is 3.25. The molecule has 4 rings (SSSR count). The summed E-state index contributed by atoms with van der Waals surface area (Å²) >= 11 is 0. The minimum absolute atomic E-state index is 0.0131. The van der Waals surface area contributed by atoms with E-state index in [9.17, 15) is 4.79 Å². The third-order valence-electron chi connectivity index (χ3n) is 4.80. The van der Waals surface area contributed by atoms with Gasteiger partial charge in [-0.05, 0) is 28.5 Å². The van der Waals surface area contributed by atoms with Gasteiger partial charge in [-0.2, -0.15) is 0 Å². The Morgan fingerprint density at radius 2 is 1.83 bits per heavy atom. The van der Waals surface area contributed by atoms with Gasteiger partial charge >= 0.3 is 0 Å². The van der Waals surface area contributed by atoms with E-state index in [2.05, 4.69) is 34.6 Å². The number of benzene rings is 3. The predicted molar refractivity (Wildman–Crippen MR) is 115 cm³/mol. The Labute approximate surface area is 169 Å². The van der Waals surface area contributed by atoms with Crippen LogP contribution in [0, 0.1) is 0 Å². The molecule has 3 N–H and O–H groups in total. The van der Waals surface area contributed by atoms with Gasteiger partial charge in [-0.3, -0.25) is 4.79 Å². The highest BCUT2D eigenvalue weighted by Crippen LogP contribution is 2.29. The summed E-state index contributed by atoms with van der Waals surface area (Å²) in [6.07, 6.45) is 1.69. The first-order chi connectivity index (χ1) is 14.1. The number of nitrogens with two attached hydrogens (primary N) is 1. The first kappa shape index (κ1) is 18.7. The summed E-state index contributed by atoms with van der Waals surface area (Å²) in [6, 6.07) is 22.5. The minimum Gasteiger partial charge on any atom is -0.423 e. The van der Waals surface area contributed by atoms with Crippen molar-refractivity contribution < 1.29 is 9.21 Å². The lowest BCUT2D eigenvalue weighted by molar-refractivity contribution is -0.128. The summed E-state index contributed by atoms with van der Waals surface area (Å²) in [6.45, 7) is 0.432. The van der Waals surface area contributed by atoms with Crippen molar-refractivity contribution in [1.29, 1.82) is 0 Å². The van der Waals surface area contributed by atoms with Gasteiger partial charge in [0, 0.05) is 24.8 Å². The first-order valence-electron chi connectivity index (χ1n) is 9.38. The van der Waals surface area contributed by atoms with Gasteiger partial charge in [0.2, 0.25) is 5.91 Å². The number of amides is 1. The molecule has 4 aromatic rings. The van der Waals surface area contributed by atoms with Gasteiger partial charge in [0.05, 0.1) is 12.7 Å². The van der Waals surface area contributed by atoms with E-state index in [-0.39, 0.29) is 12.5 Å². The van der Waals surface area contributed by atoms with Gasteiger partial charge in [0.25, 0.3) is 6.01 Å². The molecule has 0 atom stereocenters. The number of oxazole rings is 1. The third-order valence-corrected chi connectivity index (χ3v) is 4.80. The van der Waals surface area contributed by atoms with Crippen molar-refractivity contribution in [2.45, 2.75) is 6.54 Å². The lowest BCUT2D eigenvalue weighted by atomic mass is 10.1. The van der Waals surface area contributed by atoms with Crippen LogP contribution in [0.2, 0.25) is 0 Å². The highest BCUT2D eigenvalue weighted by Gasteiger charge is 2.14. The van der Waals surface area contributed by atoms with Crippen molar-refractivity contribution in [2.75, 3.05) is 18.9 Å². The maximum atomic E-state index is 11.8. The SMILES string of the molecule is CN(Cc1ccccc1-c1cnc(Nc2ccc3ccccc3c2)o1)C(=O)CN. The fraction of sp³-hybridized carbons (Fsp3) is 0.130. The molecule has 3 aromatic carbocycles. The molecule has 1 aromatic heterocycles. The van der Waals surface area contributed by atoms with Crippen molar-refractivity contribution in [1.82, 2.24) is 9.88 Å². The van der Waals surface area contributed by atoms with Crippen molar-refractivity contribution >= 4 is 28.4 Å². The molecule has 29 heavy (non-hydrogen) atoms. The second-order valence-electron chi connectivity index (χ2n) is 6.83. The Morgan fingerprint density at radius 3 is 2.66 bits per heavy atom. The molecule has 0 fully saturated rings. The van der Waals surface area contributed by atoms with Crippen LogP contribution >= 0.6 is 0 Å².